The molecule has 0 aromatic carbocycles. The fourth-order valence-electron chi connectivity index (χ4n) is 1.38. The maximum atomic E-state index is 4.37. The van der Waals surface area contributed by atoms with E-state index >= 15 is 0 Å². The monoisotopic (exact) mass is 193 g/mol. The summed E-state index contributed by atoms with van der Waals surface area (Å²) in [6.07, 6.45) is 4.23. The third kappa shape index (κ3) is 2.25. The van der Waals surface area contributed by atoms with Crippen molar-refractivity contribution in [1.82, 2.24) is 15.1 Å². The molecular weight excluding hydrogens is 178 g/mol. The van der Waals surface area contributed by atoms with E-state index in [2.05, 4.69) is 20.7 Å². The minimum absolute atomic E-state index is 0.834. The average Bonchev–Trinajstić information content (AvgIpc) is 2.43. The van der Waals surface area contributed by atoms with Crippen molar-refractivity contribution in [2.75, 3.05) is 18.4 Å². The first-order valence-electron chi connectivity index (χ1n) is 4.89. The third-order valence-electron chi connectivity index (χ3n) is 2.11. The molecule has 5 nitrogen and oxygen atoms in total. The van der Waals surface area contributed by atoms with E-state index in [9.17, 15) is 0 Å². The van der Waals surface area contributed by atoms with Gasteiger partial charge in [-0.15, -0.1) is 0 Å². The molecule has 0 atom stereocenters. The van der Waals surface area contributed by atoms with Gasteiger partial charge in [0.2, 0.25) is 0 Å². The predicted molar refractivity (Wildman–Crippen MR) is 56.4 cm³/mol. The van der Waals surface area contributed by atoms with Gasteiger partial charge in [-0.3, -0.25) is 9.67 Å². The van der Waals surface area contributed by atoms with Crippen LogP contribution in [0.25, 0.3) is 0 Å². The highest BCUT2D eigenvalue weighted by atomic mass is 15.3. The second-order valence-corrected chi connectivity index (χ2v) is 3.36. The van der Waals surface area contributed by atoms with Crippen LogP contribution in [-0.2, 0) is 7.05 Å². The lowest BCUT2D eigenvalue weighted by Crippen LogP contribution is -2.30. The van der Waals surface area contributed by atoms with Gasteiger partial charge in [0.15, 0.2) is 11.8 Å². The van der Waals surface area contributed by atoms with Crippen LogP contribution in [0, 0.1) is 0 Å². The molecular formula is C9H15N5. The standard InChI is InChI=1S/C9H15N5/c1-14-7-4-8(13-14)12-9-10-5-2-3-6-11-9/h4,7H,2-3,5-6H2,1H3,(H2,10,11,12,13). The van der Waals surface area contributed by atoms with Gasteiger partial charge in [-0.1, -0.05) is 0 Å². The first-order valence-corrected chi connectivity index (χ1v) is 4.89. The summed E-state index contributed by atoms with van der Waals surface area (Å²) in [4.78, 5) is 4.37. The minimum Gasteiger partial charge on any atom is -0.356 e. The first kappa shape index (κ1) is 9.05. The molecule has 0 saturated heterocycles. The van der Waals surface area contributed by atoms with Gasteiger partial charge in [-0.25, -0.2) is 0 Å². The molecule has 5 heteroatoms. The van der Waals surface area contributed by atoms with E-state index in [1.54, 1.807) is 4.68 Å². The van der Waals surface area contributed by atoms with Gasteiger partial charge >= 0.3 is 0 Å². The van der Waals surface area contributed by atoms with Crippen LogP contribution in [0.1, 0.15) is 12.8 Å². The Hall–Kier alpha value is -1.52. The highest BCUT2D eigenvalue weighted by Gasteiger charge is 2.04. The van der Waals surface area contributed by atoms with Crippen molar-refractivity contribution in [3.8, 4) is 0 Å². The summed E-state index contributed by atoms with van der Waals surface area (Å²) >= 11 is 0. The van der Waals surface area contributed by atoms with E-state index in [4.69, 9.17) is 0 Å². The van der Waals surface area contributed by atoms with Gasteiger partial charge in [-0.05, 0) is 12.8 Å². The summed E-state index contributed by atoms with van der Waals surface area (Å²) in [5.41, 5.74) is 0. The van der Waals surface area contributed by atoms with Gasteiger partial charge in [0.25, 0.3) is 0 Å². The smallest absolute Gasteiger partial charge is 0.197 e. The Labute approximate surface area is 83.2 Å². The van der Waals surface area contributed by atoms with Crippen molar-refractivity contribution in [1.29, 1.82) is 0 Å². The van der Waals surface area contributed by atoms with Crippen molar-refractivity contribution in [3.05, 3.63) is 12.3 Å². The van der Waals surface area contributed by atoms with Crippen molar-refractivity contribution in [3.63, 3.8) is 0 Å². The molecule has 2 N–H and O–H groups in total. The average molecular weight is 193 g/mol. The maximum absolute atomic E-state index is 4.37. The maximum Gasteiger partial charge on any atom is 0.197 e. The highest BCUT2D eigenvalue weighted by molar-refractivity contribution is 5.92. The van der Waals surface area contributed by atoms with Crippen LogP contribution in [0.15, 0.2) is 17.3 Å². The van der Waals surface area contributed by atoms with E-state index in [-0.39, 0.29) is 0 Å². The Morgan fingerprint density at radius 2 is 2.43 bits per heavy atom. The molecule has 1 aromatic rings. The van der Waals surface area contributed by atoms with Crippen molar-refractivity contribution in [2.45, 2.75) is 12.8 Å². The summed E-state index contributed by atoms with van der Waals surface area (Å²) in [6.45, 7) is 1.88. The molecule has 14 heavy (non-hydrogen) atoms. The van der Waals surface area contributed by atoms with Gasteiger partial charge < -0.3 is 10.6 Å². The molecule has 1 aliphatic heterocycles. The zero-order valence-electron chi connectivity index (χ0n) is 8.32. The molecule has 0 fully saturated rings. The van der Waals surface area contributed by atoms with E-state index in [1.165, 1.54) is 6.42 Å². The van der Waals surface area contributed by atoms with E-state index < -0.39 is 0 Å². The lowest BCUT2D eigenvalue weighted by Gasteiger charge is -2.06. The summed E-state index contributed by atoms with van der Waals surface area (Å²) < 4.78 is 1.76. The zero-order chi connectivity index (χ0) is 9.80. The number of hydrogen-bond acceptors (Lipinski definition) is 4. The number of guanidine groups is 1. The van der Waals surface area contributed by atoms with E-state index in [0.29, 0.717) is 0 Å². The summed E-state index contributed by atoms with van der Waals surface area (Å²) in [5.74, 6) is 1.67. The second kappa shape index (κ2) is 4.13. The quantitative estimate of drug-likeness (QED) is 0.685. The van der Waals surface area contributed by atoms with Gasteiger partial charge in [0, 0.05) is 32.4 Å². The van der Waals surface area contributed by atoms with Crippen LogP contribution >= 0.6 is 0 Å². The number of rotatable bonds is 1. The van der Waals surface area contributed by atoms with Gasteiger partial charge in [0.1, 0.15) is 0 Å². The molecule has 0 aliphatic carbocycles. The molecule has 76 valence electrons. The van der Waals surface area contributed by atoms with Gasteiger partial charge in [0.05, 0.1) is 0 Å². The fraction of sp³-hybridized carbons (Fsp3) is 0.556. The summed E-state index contributed by atoms with van der Waals surface area (Å²) in [5, 5.41) is 10.6. The Balaban J connectivity index is 1.99. The lowest BCUT2D eigenvalue weighted by molar-refractivity contribution is 0.749. The zero-order valence-corrected chi connectivity index (χ0v) is 8.32. The topological polar surface area (TPSA) is 54.2 Å². The van der Waals surface area contributed by atoms with Gasteiger partial charge in [-0.2, -0.15) is 5.10 Å². The summed E-state index contributed by atoms with van der Waals surface area (Å²) in [6, 6.07) is 1.93. The van der Waals surface area contributed by atoms with Crippen molar-refractivity contribution < 1.29 is 0 Å². The number of aromatic nitrogens is 2. The van der Waals surface area contributed by atoms with Crippen molar-refractivity contribution >= 4 is 11.8 Å². The number of nitrogens with one attached hydrogen (secondary N) is 2. The Kier molecular flexibility index (Phi) is 2.67. The number of hydrogen-bond donors (Lipinski definition) is 2. The third-order valence-corrected chi connectivity index (χ3v) is 2.11. The second-order valence-electron chi connectivity index (χ2n) is 3.36. The summed E-state index contributed by atoms with van der Waals surface area (Å²) in [7, 11) is 1.90. The Morgan fingerprint density at radius 3 is 3.21 bits per heavy atom. The normalized spacial score (nSPS) is 16.8. The van der Waals surface area contributed by atoms with Crippen LogP contribution < -0.4 is 10.6 Å². The predicted octanol–water partition coefficient (Wildman–Crippen LogP) is 0.571. The van der Waals surface area contributed by atoms with Crippen LogP contribution in [-0.4, -0.2) is 28.8 Å². The van der Waals surface area contributed by atoms with E-state index in [0.717, 1.165) is 31.3 Å². The molecule has 2 heterocycles. The molecule has 0 unspecified atom stereocenters. The number of aliphatic imine (C=N–C) groups is 1. The SMILES string of the molecule is Cn1ccc(NC2=NCCCCN2)n1. The molecule has 0 bridgehead atoms. The molecule has 1 aliphatic rings. The molecule has 0 radical (unpaired) electrons. The highest BCUT2D eigenvalue weighted by Crippen LogP contribution is 2.02. The number of anilines is 1. The fourth-order valence-corrected chi connectivity index (χ4v) is 1.38. The van der Waals surface area contributed by atoms with Crippen molar-refractivity contribution in [2.24, 2.45) is 12.0 Å². The van der Waals surface area contributed by atoms with E-state index in [1.807, 2.05) is 19.3 Å². The molecule has 0 spiro atoms. The number of nitrogens with zero attached hydrogens (tertiary/aromatic N) is 3. The largest absolute Gasteiger partial charge is 0.356 e. The molecule has 1 aromatic heterocycles. The van der Waals surface area contributed by atoms with Crippen LogP contribution in [0.5, 0.6) is 0 Å². The Morgan fingerprint density at radius 1 is 1.50 bits per heavy atom. The molecule has 0 saturated carbocycles. The molecule has 0 amide bonds. The minimum atomic E-state index is 0.834. The van der Waals surface area contributed by atoms with Crippen LogP contribution in [0.2, 0.25) is 0 Å². The number of aryl methyl sites for hydroxylation is 1. The first-order chi connectivity index (χ1) is 6.84. The van der Waals surface area contributed by atoms with Crippen LogP contribution in [0.3, 0.4) is 0 Å². The Bertz CT molecular complexity index is 328. The lowest BCUT2D eigenvalue weighted by atomic mass is 10.3. The van der Waals surface area contributed by atoms with Crippen LogP contribution in [0.4, 0.5) is 5.82 Å². The molecule has 2 rings (SSSR count).